The van der Waals surface area contributed by atoms with Crippen molar-refractivity contribution in [3.63, 3.8) is 0 Å². The fourth-order valence-electron chi connectivity index (χ4n) is 3.22. The van der Waals surface area contributed by atoms with E-state index in [0.717, 1.165) is 18.4 Å². The highest BCUT2D eigenvalue weighted by atomic mass is 16.5. The van der Waals surface area contributed by atoms with Crippen LogP contribution in [0.2, 0.25) is 0 Å². The standard InChI is InChI=1S/C20H17N5O2/c21-13-15-9-4-5-10-16(15)22-20(26)25-12-6-11-17(25)19-23-18(24-27-19)14-7-2-1-3-8-14/h1-5,7-10,17H,6,11-12H2,(H,22,26)/t17-/m0/s1. The first-order valence-corrected chi connectivity index (χ1v) is 8.72. The number of aromatic nitrogens is 2. The van der Waals surface area contributed by atoms with Crippen molar-refractivity contribution in [1.82, 2.24) is 15.0 Å². The minimum atomic E-state index is -0.278. The average molecular weight is 359 g/mol. The lowest BCUT2D eigenvalue weighted by atomic mass is 10.2. The number of carbonyl (C=O) groups excluding carboxylic acids is 1. The van der Waals surface area contributed by atoms with E-state index in [1.54, 1.807) is 29.2 Å². The number of nitriles is 1. The number of anilines is 1. The van der Waals surface area contributed by atoms with Crippen molar-refractivity contribution in [2.75, 3.05) is 11.9 Å². The second-order valence-electron chi connectivity index (χ2n) is 6.26. The van der Waals surface area contributed by atoms with Crippen molar-refractivity contribution in [3.05, 3.63) is 66.1 Å². The fraction of sp³-hybridized carbons (Fsp3) is 0.200. The second kappa shape index (κ2) is 7.30. The van der Waals surface area contributed by atoms with E-state index < -0.39 is 0 Å². The maximum Gasteiger partial charge on any atom is 0.322 e. The van der Waals surface area contributed by atoms with E-state index in [2.05, 4.69) is 21.5 Å². The third-order valence-electron chi connectivity index (χ3n) is 4.56. The van der Waals surface area contributed by atoms with Crippen molar-refractivity contribution in [2.45, 2.75) is 18.9 Å². The third kappa shape index (κ3) is 3.37. The van der Waals surface area contributed by atoms with E-state index in [9.17, 15) is 10.1 Å². The summed E-state index contributed by atoms with van der Waals surface area (Å²) in [5.74, 6) is 0.933. The molecule has 0 bridgehead atoms. The number of hydrogen-bond donors (Lipinski definition) is 1. The van der Waals surface area contributed by atoms with Crippen molar-refractivity contribution in [3.8, 4) is 17.5 Å². The van der Waals surface area contributed by atoms with Gasteiger partial charge in [-0.1, -0.05) is 47.6 Å². The molecule has 3 aromatic rings. The Hall–Kier alpha value is -3.66. The molecule has 1 fully saturated rings. The monoisotopic (exact) mass is 359 g/mol. The molecule has 2 heterocycles. The number of rotatable bonds is 3. The minimum Gasteiger partial charge on any atom is -0.337 e. The number of nitrogens with one attached hydrogen (secondary N) is 1. The van der Waals surface area contributed by atoms with E-state index in [0.29, 0.717) is 29.5 Å². The highest BCUT2D eigenvalue weighted by Gasteiger charge is 2.34. The predicted molar refractivity (Wildman–Crippen MR) is 98.6 cm³/mol. The number of likely N-dealkylation sites (tertiary alicyclic amines) is 1. The Balaban J connectivity index is 1.53. The maximum atomic E-state index is 12.8. The Morgan fingerprint density at radius 3 is 2.78 bits per heavy atom. The lowest BCUT2D eigenvalue weighted by molar-refractivity contribution is 0.193. The van der Waals surface area contributed by atoms with E-state index in [1.807, 2.05) is 30.3 Å². The summed E-state index contributed by atoms with van der Waals surface area (Å²) < 4.78 is 5.44. The summed E-state index contributed by atoms with van der Waals surface area (Å²) in [5.41, 5.74) is 1.78. The smallest absolute Gasteiger partial charge is 0.322 e. The lowest BCUT2D eigenvalue weighted by Crippen LogP contribution is -2.34. The molecule has 0 unspecified atom stereocenters. The summed E-state index contributed by atoms with van der Waals surface area (Å²) >= 11 is 0. The van der Waals surface area contributed by atoms with Gasteiger partial charge in [-0.25, -0.2) is 4.79 Å². The van der Waals surface area contributed by atoms with Gasteiger partial charge in [0.15, 0.2) is 0 Å². The molecule has 0 radical (unpaired) electrons. The Morgan fingerprint density at radius 2 is 1.96 bits per heavy atom. The molecule has 4 rings (SSSR count). The number of para-hydroxylation sites is 1. The number of benzene rings is 2. The molecule has 1 N–H and O–H groups in total. The minimum absolute atomic E-state index is 0.274. The molecule has 1 atom stereocenters. The number of nitrogens with zero attached hydrogens (tertiary/aromatic N) is 4. The molecule has 0 saturated carbocycles. The molecular formula is C20H17N5O2. The fourth-order valence-corrected chi connectivity index (χ4v) is 3.22. The molecule has 7 nitrogen and oxygen atoms in total. The Morgan fingerprint density at radius 1 is 1.19 bits per heavy atom. The lowest BCUT2D eigenvalue weighted by Gasteiger charge is -2.22. The summed E-state index contributed by atoms with van der Waals surface area (Å²) in [5, 5.41) is 16.1. The van der Waals surface area contributed by atoms with Crippen molar-refractivity contribution < 1.29 is 9.32 Å². The molecule has 1 saturated heterocycles. The van der Waals surface area contributed by atoms with Gasteiger partial charge in [-0.2, -0.15) is 10.2 Å². The molecule has 1 aliphatic rings. The van der Waals surface area contributed by atoms with Crippen LogP contribution in [0.1, 0.15) is 30.3 Å². The molecule has 0 spiro atoms. The molecule has 134 valence electrons. The van der Waals surface area contributed by atoms with Gasteiger partial charge in [0.2, 0.25) is 11.7 Å². The van der Waals surface area contributed by atoms with Gasteiger partial charge in [0.1, 0.15) is 12.1 Å². The van der Waals surface area contributed by atoms with Gasteiger partial charge < -0.3 is 14.7 Å². The van der Waals surface area contributed by atoms with E-state index in [4.69, 9.17) is 4.52 Å². The molecule has 2 amide bonds. The van der Waals surface area contributed by atoms with Gasteiger partial charge in [0.05, 0.1) is 11.3 Å². The first-order valence-electron chi connectivity index (χ1n) is 8.72. The Kier molecular flexibility index (Phi) is 4.54. The van der Waals surface area contributed by atoms with Crippen molar-refractivity contribution >= 4 is 11.7 Å². The molecule has 2 aromatic carbocycles. The molecule has 0 aliphatic carbocycles. The number of amides is 2. The van der Waals surface area contributed by atoms with Crippen LogP contribution in [0.5, 0.6) is 0 Å². The second-order valence-corrected chi connectivity index (χ2v) is 6.26. The van der Waals surface area contributed by atoms with Crippen LogP contribution in [0.3, 0.4) is 0 Å². The maximum absolute atomic E-state index is 12.8. The molecule has 7 heteroatoms. The number of carbonyl (C=O) groups is 1. The van der Waals surface area contributed by atoms with Gasteiger partial charge in [-0.3, -0.25) is 0 Å². The van der Waals surface area contributed by atoms with Crippen molar-refractivity contribution in [2.24, 2.45) is 0 Å². The molecule has 1 aromatic heterocycles. The highest BCUT2D eigenvalue weighted by molar-refractivity contribution is 5.91. The quantitative estimate of drug-likeness (QED) is 0.763. The van der Waals surface area contributed by atoms with Gasteiger partial charge >= 0.3 is 6.03 Å². The van der Waals surface area contributed by atoms with Crippen LogP contribution in [-0.2, 0) is 0 Å². The topological polar surface area (TPSA) is 95.1 Å². The van der Waals surface area contributed by atoms with Crippen LogP contribution in [0, 0.1) is 11.3 Å². The Bertz CT molecular complexity index is 993. The number of hydrogen-bond acceptors (Lipinski definition) is 5. The predicted octanol–water partition coefficient (Wildman–Crippen LogP) is 3.98. The molecular weight excluding hydrogens is 342 g/mol. The Labute approximate surface area is 156 Å². The first kappa shape index (κ1) is 16.8. The largest absolute Gasteiger partial charge is 0.337 e. The van der Waals surface area contributed by atoms with Crippen molar-refractivity contribution in [1.29, 1.82) is 5.26 Å². The summed E-state index contributed by atoms with van der Waals surface area (Å²) in [6, 6.07) is 18.0. The zero-order valence-electron chi connectivity index (χ0n) is 14.5. The average Bonchev–Trinajstić information content (AvgIpc) is 3.38. The third-order valence-corrected chi connectivity index (χ3v) is 4.56. The van der Waals surface area contributed by atoms with Crippen LogP contribution in [0.4, 0.5) is 10.5 Å². The first-order chi connectivity index (χ1) is 13.3. The summed E-state index contributed by atoms with van der Waals surface area (Å²) in [7, 11) is 0. The van der Waals surface area contributed by atoms with Crippen LogP contribution < -0.4 is 5.32 Å². The van der Waals surface area contributed by atoms with Crippen LogP contribution in [-0.4, -0.2) is 27.6 Å². The van der Waals surface area contributed by atoms with Gasteiger partial charge in [-0.05, 0) is 25.0 Å². The van der Waals surface area contributed by atoms with Gasteiger partial charge in [-0.15, -0.1) is 0 Å². The molecule has 1 aliphatic heterocycles. The highest BCUT2D eigenvalue weighted by Crippen LogP contribution is 2.32. The van der Waals surface area contributed by atoms with Gasteiger partial charge in [0.25, 0.3) is 0 Å². The van der Waals surface area contributed by atoms with Gasteiger partial charge in [0, 0.05) is 12.1 Å². The van der Waals surface area contributed by atoms with E-state index >= 15 is 0 Å². The molecule has 27 heavy (non-hydrogen) atoms. The SMILES string of the molecule is N#Cc1ccccc1NC(=O)N1CCC[C@H]1c1nc(-c2ccccc2)no1. The summed E-state index contributed by atoms with van der Waals surface area (Å²) in [6.45, 7) is 0.592. The van der Waals surface area contributed by atoms with E-state index in [1.165, 1.54) is 0 Å². The summed E-state index contributed by atoms with van der Waals surface area (Å²) in [6.07, 6.45) is 1.60. The van der Waals surface area contributed by atoms with Crippen LogP contribution in [0.25, 0.3) is 11.4 Å². The summed E-state index contributed by atoms with van der Waals surface area (Å²) in [4.78, 5) is 18.9. The number of urea groups is 1. The normalized spacial score (nSPS) is 16.1. The van der Waals surface area contributed by atoms with Crippen LogP contribution >= 0.6 is 0 Å². The zero-order valence-corrected chi connectivity index (χ0v) is 14.5. The van der Waals surface area contributed by atoms with Crippen LogP contribution in [0.15, 0.2) is 59.1 Å². The zero-order chi connectivity index (χ0) is 18.6. The van der Waals surface area contributed by atoms with E-state index in [-0.39, 0.29) is 12.1 Å².